The first kappa shape index (κ1) is 13.9. The lowest BCUT2D eigenvalue weighted by Gasteiger charge is -2.32. The summed E-state index contributed by atoms with van der Waals surface area (Å²) >= 11 is 0. The normalized spacial score (nSPS) is 17.6. The zero-order valence-electron chi connectivity index (χ0n) is 10.7. The Balaban J connectivity index is 2.32. The monoisotopic (exact) mass is 271 g/mol. The van der Waals surface area contributed by atoms with Gasteiger partial charge in [-0.3, -0.25) is 4.79 Å². The van der Waals surface area contributed by atoms with Crippen molar-refractivity contribution in [1.29, 1.82) is 0 Å². The highest BCUT2D eigenvalue weighted by Crippen LogP contribution is 2.33. The molecule has 1 fully saturated rings. The fourth-order valence-corrected chi connectivity index (χ4v) is 2.32. The summed E-state index contributed by atoms with van der Waals surface area (Å²) in [5.74, 6) is 0.604. The third-order valence-electron chi connectivity index (χ3n) is 3.55. The highest BCUT2D eigenvalue weighted by Gasteiger charge is 2.32. The van der Waals surface area contributed by atoms with E-state index in [-0.39, 0.29) is 5.56 Å². The number of hydrogen-bond donors (Lipinski definition) is 0. The maximum absolute atomic E-state index is 12.8. The minimum Gasteiger partial charge on any atom is -0.371 e. The molecule has 1 aromatic rings. The van der Waals surface area contributed by atoms with E-state index in [2.05, 4.69) is 6.92 Å². The molecule has 5 heteroatoms. The van der Waals surface area contributed by atoms with Gasteiger partial charge in [0.1, 0.15) is 6.29 Å². The average molecular weight is 271 g/mol. The second-order valence-corrected chi connectivity index (χ2v) is 5.10. The van der Waals surface area contributed by atoms with Crippen LogP contribution in [0.25, 0.3) is 0 Å². The number of anilines is 1. The highest BCUT2D eigenvalue weighted by molar-refractivity contribution is 5.78. The number of carbonyl (C=O) groups excluding carboxylic acids is 1. The zero-order chi connectivity index (χ0) is 14.0. The van der Waals surface area contributed by atoms with Crippen LogP contribution in [0.1, 0.15) is 35.7 Å². The van der Waals surface area contributed by atoms with Gasteiger partial charge < -0.3 is 4.90 Å². The van der Waals surface area contributed by atoms with E-state index in [1.165, 1.54) is 6.07 Å². The van der Waals surface area contributed by atoms with Crippen molar-refractivity contribution in [2.24, 2.45) is 5.92 Å². The Morgan fingerprint density at radius 1 is 1.21 bits per heavy atom. The van der Waals surface area contributed by atoms with E-state index in [1.54, 1.807) is 0 Å². The Morgan fingerprint density at radius 2 is 1.84 bits per heavy atom. The zero-order valence-corrected chi connectivity index (χ0v) is 10.7. The minimum atomic E-state index is -4.42. The fourth-order valence-electron chi connectivity index (χ4n) is 2.32. The van der Waals surface area contributed by atoms with Gasteiger partial charge in [-0.1, -0.05) is 6.92 Å². The van der Waals surface area contributed by atoms with Crippen LogP contribution in [0, 0.1) is 5.92 Å². The molecule has 0 aliphatic carbocycles. The second-order valence-electron chi connectivity index (χ2n) is 5.10. The molecule has 0 unspecified atom stereocenters. The first-order valence-corrected chi connectivity index (χ1v) is 6.32. The Bertz CT molecular complexity index is 462. The third kappa shape index (κ3) is 3.28. The molecule has 1 aliphatic rings. The predicted molar refractivity (Wildman–Crippen MR) is 67.4 cm³/mol. The van der Waals surface area contributed by atoms with E-state index in [4.69, 9.17) is 0 Å². The molecule has 2 nitrogen and oxygen atoms in total. The van der Waals surface area contributed by atoms with Crippen LogP contribution in [0.15, 0.2) is 18.2 Å². The van der Waals surface area contributed by atoms with Crippen molar-refractivity contribution in [3.63, 3.8) is 0 Å². The van der Waals surface area contributed by atoms with Gasteiger partial charge >= 0.3 is 6.18 Å². The highest BCUT2D eigenvalue weighted by atomic mass is 19.4. The van der Waals surface area contributed by atoms with Crippen LogP contribution >= 0.6 is 0 Å². The van der Waals surface area contributed by atoms with E-state index in [9.17, 15) is 18.0 Å². The standard InChI is InChI=1S/C14H16F3NO/c1-10-2-4-18(5-3-10)13-7-11(9-19)6-12(8-13)14(15,16)17/h6-10H,2-5H2,1H3. The summed E-state index contributed by atoms with van der Waals surface area (Å²) in [6.07, 6.45) is -2.03. The smallest absolute Gasteiger partial charge is 0.371 e. The van der Waals surface area contributed by atoms with E-state index in [0.29, 0.717) is 17.9 Å². The van der Waals surface area contributed by atoms with Crippen molar-refractivity contribution < 1.29 is 18.0 Å². The first-order valence-electron chi connectivity index (χ1n) is 6.32. The lowest BCUT2D eigenvalue weighted by molar-refractivity contribution is -0.137. The molecule has 0 atom stereocenters. The molecule has 0 bridgehead atoms. The molecule has 2 rings (SSSR count). The van der Waals surface area contributed by atoms with Gasteiger partial charge in [0.2, 0.25) is 0 Å². The lowest BCUT2D eigenvalue weighted by atomic mass is 9.98. The van der Waals surface area contributed by atoms with Crippen LogP contribution < -0.4 is 4.90 Å². The number of hydrogen-bond acceptors (Lipinski definition) is 2. The molecular formula is C14H16F3NO. The molecule has 0 saturated carbocycles. The third-order valence-corrected chi connectivity index (χ3v) is 3.55. The van der Waals surface area contributed by atoms with Gasteiger partial charge in [-0.2, -0.15) is 13.2 Å². The number of halogens is 3. The first-order chi connectivity index (χ1) is 8.90. The molecular weight excluding hydrogens is 255 g/mol. The molecule has 1 aliphatic heterocycles. The van der Waals surface area contributed by atoms with Gasteiger partial charge in [0.15, 0.2) is 0 Å². The van der Waals surface area contributed by atoms with Gasteiger partial charge in [0.25, 0.3) is 0 Å². The molecule has 1 heterocycles. The van der Waals surface area contributed by atoms with Gasteiger partial charge in [0.05, 0.1) is 5.56 Å². The van der Waals surface area contributed by atoms with E-state index in [1.807, 2.05) is 4.90 Å². The largest absolute Gasteiger partial charge is 0.416 e. The summed E-state index contributed by atoms with van der Waals surface area (Å²) < 4.78 is 38.3. The fraction of sp³-hybridized carbons (Fsp3) is 0.500. The van der Waals surface area contributed by atoms with Crippen LogP contribution in [-0.2, 0) is 6.18 Å². The van der Waals surface area contributed by atoms with Crippen LogP contribution in [0.2, 0.25) is 0 Å². The predicted octanol–water partition coefficient (Wildman–Crippen LogP) is 3.75. The Hall–Kier alpha value is -1.52. The van der Waals surface area contributed by atoms with Crippen molar-refractivity contribution in [2.75, 3.05) is 18.0 Å². The summed E-state index contributed by atoms with van der Waals surface area (Å²) in [7, 11) is 0. The summed E-state index contributed by atoms with van der Waals surface area (Å²) in [6.45, 7) is 3.61. The van der Waals surface area contributed by atoms with Crippen LogP contribution in [0.3, 0.4) is 0 Å². The van der Waals surface area contributed by atoms with Gasteiger partial charge in [-0.25, -0.2) is 0 Å². The van der Waals surface area contributed by atoms with E-state index < -0.39 is 11.7 Å². The van der Waals surface area contributed by atoms with Crippen molar-refractivity contribution in [1.82, 2.24) is 0 Å². The number of benzene rings is 1. The number of rotatable bonds is 2. The molecule has 19 heavy (non-hydrogen) atoms. The summed E-state index contributed by atoms with van der Waals surface area (Å²) in [5, 5.41) is 0. The SMILES string of the molecule is CC1CCN(c2cc(C=O)cc(C(F)(F)F)c2)CC1. The Labute approximate surface area is 110 Å². The Kier molecular flexibility index (Phi) is 3.83. The molecule has 0 amide bonds. The summed E-state index contributed by atoms with van der Waals surface area (Å²) in [6, 6.07) is 3.55. The number of nitrogens with zero attached hydrogens (tertiary/aromatic N) is 1. The topological polar surface area (TPSA) is 20.3 Å². The van der Waals surface area contributed by atoms with Crippen LogP contribution in [-0.4, -0.2) is 19.4 Å². The number of carbonyl (C=O) groups is 1. The maximum Gasteiger partial charge on any atom is 0.416 e. The Morgan fingerprint density at radius 3 is 2.37 bits per heavy atom. The molecule has 1 saturated heterocycles. The van der Waals surface area contributed by atoms with Crippen molar-refractivity contribution in [2.45, 2.75) is 25.9 Å². The van der Waals surface area contributed by atoms with E-state index in [0.717, 1.165) is 38.1 Å². The molecule has 0 N–H and O–H groups in total. The number of alkyl halides is 3. The van der Waals surface area contributed by atoms with Gasteiger partial charge in [-0.15, -0.1) is 0 Å². The van der Waals surface area contributed by atoms with Crippen molar-refractivity contribution in [3.8, 4) is 0 Å². The van der Waals surface area contributed by atoms with Crippen LogP contribution in [0.4, 0.5) is 18.9 Å². The van der Waals surface area contributed by atoms with Gasteiger partial charge in [-0.05, 0) is 37.0 Å². The van der Waals surface area contributed by atoms with Gasteiger partial charge in [0, 0.05) is 24.3 Å². The average Bonchev–Trinajstić information content (AvgIpc) is 2.38. The van der Waals surface area contributed by atoms with Crippen molar-refractivity contribution in [3.05, 3.63) is 29.3 Å². The molecule has 0 aromatic heterocycles. The molecule has 0 spiro atoms. The van der Waals surface area contributed by atoms with E-state index >= 15 is 0 Å². The summed E-state index contributed by atoms with van der Waals surface area (Å²) in [5.41, 5.74) is -0.196. The summed E-state index contributed by atoms with van der Waals surface area (Å²) in [4.78, 5) is 12.7. The molecule has 104 valence electrons. The number of piperidine rings is 1. The minimum absolute atomic E-state index is 0.0726. The maximum atomic E-state index is 12.8. The number of aldehydes is 1. The van der Waals surface area contributed by atoms with Crippen molar-refractivity contribution >= 4 is 12.0 Å². The molecule has 1 aromatic carbocycles. The second kappa shape index (κ2) is 5.23. The lowest BCUT2D eigenvalue weighted by Crippen LogP contribution is -2.33. The quantitative estimate of drug-likeness (QED) is 0.763. The van der Waals surface area contributed by atoms with Crippen LogP contribution in [0.5, 0.6) is 0 Å². The molecule has 0 radical (unpaired) electrons.